The van der Waals surface area contributed by atoms with Gasteiger partial charge >= 0.3 is 11.9 Å². The number of ether oxygens (including phenoxy) is 1. The van der Waals surface area contributed by atoms with E-state index in [4.69, 9.17) is 14.9 Å². The first-order chi connectivity index (χ1) is 9.91. The van der Waals surface area contributed by atoms with Gasteiger partial charge in [0.25, 0.3) is 0 Å². The lowest BCUT2D eigenvalue weighted by Gasteiger charge is -2.20. The average molecular weight is 303 g/mol. The van der Waals surface area contributed by atoms with Crippen LogP contribution >= 0.6 is 0 Å². The zero-order valence-corrected chi connectivity index (χ0v) is 13.2. The van der Waals surface area contributed by atoms with Crippen LogP contribution in [0.2, 0.25) is 0 Å². The molecule has 2 N–H and O–H groups in total. The quantitative estimate of drug-likeness (QED) is 0.478. The summed E-state index contributed by atoms with van der Waals surface area (Å²) in [7, 11) is 0. The number of rotatable bonds is 14. The highest BCUT2D eigenvalue weighted by molar-refractivity contribution is 5.67. The lowest BCUT2D eigenvalue weighted by molar-refractivity contribution is -0.137. The first kappa shape index (κ1) is 19.9. The van der Waals surface area contributed by atoms with Crippen LogP contribution in [0.5, 0.6) is 0 Å². The molecule has 0 saturated carbocycles. The van der Waals surface area contributed by atoms with E-state index in [9.17, 15) is 9.59 Å². The second-order valence-corrected chi connectivity index (χ2v) is 5.63. The second-order valence-electron chi connectivity index (χ2n) is 5.63. The number of nitrogens with zero attached hydrogens (tertiary/aromatic N) is 1. The van der Waals surface area contributed by atoms with Gasteiger partial charge in [0.05, 0.1) is 12.8 Å². The summed E-state index contributed by atoms with van der Waals surface area (Å²) in [6.07, 6.45) is 3.08. The van der Waals surface area contributed by atoms with Crippen molar-refractivity contribution >= 4 is 11.9 Å². The molecule has 0 aromatic heterocycles. The first-order valence-electron chi connectivity index (χ1n) is 7.65. The molecule has 0 aliphatic rings. The maximum absolute atomic E-state index is 10.6. The van der Waals surface area contributed by atoms with E-state index in [1.54, 1.807) is 0 Å². The molecular formula is C15H29NO5. The third-order valence-corrected chi connectivity index (χ3v) is 3.12. The Morgan fingerprint density at radius 3 is 1.95 bits per heavy atom. The molecule has 6 heteroatoms. The van der Waals surface area contributed by atoms with E-state index in [0.29, 0.717) is 32.2 Å². The summed E-state index contributed by atoms with van der Waals surface area (Å²) < 4.78 is 5.53. The Bertz CT molecular complexity index is 276. The molecule has 0 rings (SSSR count). The Labute approximate surface area is 127 Å². The van der Waals surface area contributed by atoms with Crippen molar-refractivity contribution in [3.63, 3.8) is 0 Å². The average Bonchev–Trinajstić information content (AvgIpc) is 2.39. The van der Waals surface area contributed by atoms with Gasteiger partial charge in [-0.25, -0.2) is 0 Å². The lowest BCUT2D eigenvalue weighted by Crippen LogP contribution is -2.30. The Morgan fingerprint density at radius 2 is 1.48 bits per heavy atom. The zero-order chi connectivity index (χ0) is 16.1. The van der Waals surface area contributed by atoms with Gasteiger partial charge in [0, 0.05) is 32.8 Å². The van der Waals surface area contributed by atoms with Gasteiger partial charge in [-0.3, -0.25) is 9.59 Å². The lowest BCUT2D eigenvalue weighted by atomic mass is 10.1. The van der Waals surface area contributed by atoms with E-state index in [1.807, 2.05) is 4.90 Å². The van der Waals surface area contributed by atoms with E-state index < -0.39 is 11.9 Å². The molecule has 0 radical (unpaired) electrons. The van der Waals surface area contributed by atoms with Crippen LogP contribution in [0.25, 0.3) is 0 Å². The number of aliphatic carboxylic acids is 2. The number of hydrogen-bond donors (Lipinski definition) is 2. The van der Waals surface area contributed by atoms with Crippen LogP contribution in [0, 0.1) is 5.92 Å². The molecular weight excluding hydrogens is 274 g/mol. The van der Waals surface area contributed by atoms with Crippen LogP contribution in [-0.2, 0) is 14.3 Å². The Kier molecular flexibility index (Phi) is 11.9. The molecule has 21 heavy (non-hydrogen) atoms. The van der Waals surface area contributed by atoms with Crippen molar-refractivity contribution < 1.29 is 24.5 Å². The normalized spacial score (nSPS) is 11.2. The van der Waals surface area contributed by atoms with E-state index in [-0.39, 0.29) is 12.8 Å². The van der Waals surface area contributed by atoms with Gasteiger partial charge in [-0.2, -0.15) is 0 Å². The fourth-order valence-corrected chi connectivity index (χ4v) is 1.93. The van der Waals surface area contributed by atoms with E-state index in [1.165, 1.54) is 0 Å². The molecule has 0 aliphatic carbocycles. The number of hydrogen-bond acceptors (Lipinski definition) is 4. The van der Waals surface area contributed by atoms with Crippen LogP contribution in [-0.4, -0.2) is 59.9 Å². The minimum atomic E-state index is -0.861. The Hall–Kier alpha value is -1.14. The molecule has 0 saturated heterocycles. The van der Waals surface area contributed by atoms with Crippen molar-refractivity contribution in [1.82, 2.24) is 4.90 Å². The van der Waals surface area contributed by atoms with E-state index in [0.717, 1.165) is 25.9 Å². The van der Waals surface area contributed by atoms with Gasteiger partial charge < -0.3 is 19.8 Å². The van der Waals surface area contributed by atoms with Gasteiger partial charge in [-0.15, -0.1) is 0 Å². The van der Waals surface area contributed by atoms with Crippen LogP contribution < -0.4 is 0 Å². The van der Waals surface area contributed by atoms with E-state index in [2.05, 4.69) is 13.8 Å². The van der Waals surface area contributed by atoms with Crippen molar-refractivity contribution in [3.05, 3.63) is 0 Å². The monoisotopic (exact) mass is 303 g/mol. The molecule has 0 spiro atoms. The van der Waals surface area contributed by atoms with Gasteiger partial charge in [0.1, 0.15) is 0 Å². The Balaban J connectivity index is 3.73. The smallest absolute Gasteiger partial charge is 0.304 e. The van der Waals surface area contributed by atoms with Gasteiger partial charge in [-0.05, 0) is 25.2 Å². The zero-order valence-electron chi connectivity index (χ0n) is 13.2. The molecule has 0 aromatic carbocycles. The third kappa shape index (κ3) is 15.1. The second kappa shape index (κ2) is 12.6. The summed E-state index contributed by atoms with van der Waals surface area (Å²) in [5, 5.41) is 17.4. The summed E-state index contributed by atoms with van der Waals surface area (Å²) >= 11 is 0. The summed E-state index contributed by atoms with van der Waals surface area (Å²) in [6.45, 7) is 7.19. The summed E-state index contributed by atoms with van der Waals surface area (Å²) in [4.78, 5) is 23.0. The minimum Gasteiger partial charge on any atom is -0.481 e. The van der Waals surface area contributed by atoms with Gasteiger partial charge in [0.15, 0.2) is 0 Å². The molecule has 6 nitrogen and oxygen atoms in total. The van der Waals surface area contributed by atoms with Crippen molar-refractivity contribution in [1.29, 1.82) is 0 Å². The third-order valence-electron chi connectivity index (χ3n) is 3.12. The number of carbonyl (C=O) groups is 2. The number of carboxylic acids is 2. The van der Waals surface area contributed by atoms with Crippen molar-refractivity contribution in [2.75, 3.05) is 32.8 Å². The SMILES string of the molecule is CC(C)CCCOCCCN(CCC(=O)O)CCC(=O)O. The topological polar surface area (TPSA) is 87.1 Å². The van der Waals surface area contributed by atoms with Crippen LogP contribution in [0.4, 0.5) is 0 Å². The largest absolute Gasteiger partial charge is 0.481 e. The van der Waals surface area contributed by atoms with Crippen molar-refractivity contribution in [2.45, 2.75) is 46.0 Å². The van der Waals surface area contributed by atoms with E-state index >= 15 is 0 Å². The molecule has 0 heterocycles. The summed E-state index contributed by atoms with van der Waals surface area (Å²) in [5.41, 5.74) is 0. The fourth-order valence-electron chi connectivity index (χ4n) is 1.93. The van der Waals surface area contributed by atoms with Crippen LogP contribution in [0.15, 0.2) is 0 Å². The predicted octanol–water partition coefficient (Wildman–Crippen LogP) is 2.08. The molecule has 0 bridgehead atoms. The first-order valence-corrected chi connectivity index (χ1v) is 7.65. The standard InChI is InChI=1S/C15H29NO5/c1-13(2)5-3-11-21-12-4-8-16(9-6-14(17)18)10-7-15(19)20/h13H,3-12H2,1-2H3,(H,17,18)(H,19,20). The molecule has 0 aromatic rings. The summed E-state index contributed by atoms with van der Waals surface area (Å²) in [5.74, 6) is -1.03. The molecule has 0 aliphatic heterocycles. The molecule has 0 amide bonds. The highest BCUT2D eigenvalue weighted by Crippen LogP contribution is 2.03. The fraction of sp³-hybridized carbons (Fsp3) is 0.867. The van der Waals surface area contributed by atoms with Crippen molar-refractivity contribution in [3.8, 4) is 0 Å². The minimum absolute atomic E-state index is 0.0366. The highest BCUT2D eigenvalue weighted by atomic mass is 16.5. The van der Waals surface area contributed by atoms with Crippen LogP contribution in [0.3, 0.4) is 0 Å². The maximum atomic E-state index is 10.6. The van der Waals surface area contributed by atoms with Crippen LogP contribution in [0.1, 0.15) is 46.0 Å². The molecule has 0 atom stereocenters. The maximum Gasteiger partial charge on any atom is 0.304 e. The predicted molar refractivity (Wildman–Crippen MR) is 80.5 cm³/mol. The molecule has 0 fully saturated rings. The molecule has 124 valence electrons. The summed E-state index contributed by atoms with van der Waals surface area (Å²) in [6, 6.07) is 0. The van der Waals surface area contributed by atoms with Gasteiger partial charge in [-0.1, -0.05) is 13.8 Å². The Morgan fingerprint density at radius 1 is 0.952 bits per heavy atom. The highest BCUT2D eigenvalue weighted by Gasteiger charge is 2.09. The number of carboxylic acid groups (broad SMARTS) is 2. The molecule has 0 unspecified atom stereocenters. The van der Waals surface area contributed by atoms with Crippen molar-refractivity contribution in [2.24, 2.45) is 5.92 Å². The van der Waals surface area contributed by atoms with Gasteiger partial charge in [0.2, 0.25) is 0 Å².